The number of hydrogen-bond donors (Lipinski definition) is 3. The summed E-state index contributed by atoms with van der Waals surface area (Å²) in [5.74, 6) is 1.49. The third kappa shape index (κ3) is 3.54. The average Bonchev–Trinajstić information content (AvgIpc) is 2.87. The highest BCUT2D eigenvalue weighted by Crippen LogP contribution is 2.26. The van der Waals surface area contributed by atoms with Crippen LogP contribution in [0.25, 0.3) is 10.2 Å². The van der Waals surface area contributed by atoms with Crippen molar-refractivity contribution in [1.82, 2.24) is 9.97 Å². The second-order valence-electron chi connectivity index (χ2n) is 4.34. The van der Waals surface area contributed by atoms with Crippen LogP contribution >= 0.6 is 11.3 Å². The van der Waals surface area contributed by atoms with Crippen molar-refractivity contribution in [3.8, 4) is 0 Å². The monoisotopic (exact) mass is 280 g/mol. The van der Waals surface area contributed by atoms with Gasteiger partial charge in [-0.05, 0) is 31.2 Å². The number of rotatable bonds is 7. The molecule has 0 aliphatic rings. The number of nitrogens with one attached hydrogen (secondary N) is 2. The standard InChI is InChI=1S/C13H20N4OS/c1-3-9(18)5-7-15-11-10-6-8-19-12(10)17-13(16-11)14-4-2/h6,8-9,18H,3-5,7H2,1-2H3,(H2,14,15,16,17). The van der Waals surface area contributed by atoms with Crippen LogP contribution in [0.5, 0.6) is 0 Å². The Kier molecular flexibility index (Phi) is 4.93. The molecule has 19 heavy (non-hydrogen) atoms. The van der Waals surface area contributed by atoms with Gasteiger partial charge in [-0.1, -0.05) is 6.92 Å². The minimum atomic E-state index is -0.249. The molecule has 2 heterocycles. The molecule has 0 saturated heterocycles. The van der Waals surface area contributed by atoms with Crippen LogP contribution < -0.4 is 10.6 Å². The fourth-order valence-corrected chi connectivity index (χ4v) is 2.55. The first-order valence-electron chi connectivity index (χ1n) is 6.65. The zero-order chi connectivity index (χ0) is 13.7. The van der Waals surface area contributed by atoms with Gasteiger partial charge in [-0.25, -0.2) is 4.98 Å². The van der Waals surface area contributed by atoms with E-state index in [1.807, 2.05) is 25.3 Å². The fraction of sp³-hybridized carbons (Fsp3) is 0.538. The molecule has 3 N–H and O–H groups in total. The molecule has 104 valence electrons. The summed E-state index contributed by atoms with van der Waals surface area (Å²) in [4.78, 5) is 9.91. The second kappa shape index (κ2) is 6.68. The van der Waals surface area contributed by atoms with Gasteiger partial charge in [0.05, 0.1) is 11.5 Å². The van der Waals surface area contributed by atoms with Crippen molar-refractivity contribution in [1.29, 1.82) is 0 Å². The summed E-state index contributed by atoms with van der Waals surface area (Å²) in [7, 11) is 0. The molecule has 0 aromatic carbocycles. The molecule has 0 amide bonds. The highest BCUT2D eigenvalue weighted by molar-refractivity contribution is 7.16. The van der Waals surface area contributed by atoms with Gasteiger partial charge in [0.15, 0.2) is 0 Å². The van der Waals surface area contributed by atoms with Crippen LogP contribution in [0.2, 0.25) is 0 Å². The topological polar surface area (TPSA) is 70.1 Å². The van der Waals surface area contributed by atoms with E-state index >= 15 is 0 Å². The summed E-state index contributed by atoms with van der Waals surface area (Å²) in [6.07, 6.45) is 1.26. The third-order valence-electron chi connectivity index (χ3n) is 2.90. The highest BCUT2D eigenvalue weighted by Gasteiger charge is 2.08. The molecule has 0 fully saturated rings. The minimum absolute atomic E-state index is 0.249. The Labute approximate surface area is 117 Å². The maximum Gasteiger partial charge on any atom is 0.226 e. The van der Waals surface area contributed by atoms with Crippen molar-refractivity contribution in [2.24, 2.45) is 0 Å². The Morgan fingerprint density at radius 1 is 1.32 bits per heavy atom. The van der Waals surface area contributed by atoms with Gasteiger partial charge in [0.2, 0.25) is 5.95 Å². The molecular weight excluding hydrogens is 260 g/mol. The summed E-state index contributed by atoms with van der Waals surface area (Å²) in [5.41, 5.74) is 0. The van der Waals surface area contributed by atoms with Crippen LogP contribution in [0.3, 0.4) is 0 Å². The maximum absolute atomic E-state index is 9.56. The molecule has 0 bridgehead atoms. The first-order valence-corrected chi connectivity index (χ1v) is 7.53. The summed E-state index contributed by atoms with van der Waals surface area (Å²) >= 11 is 1.61. The Morgan fingerprint density at radius 2 is 2.16 bits per heavy atom. The summed E-state index contributed by atoms with van der Waals surface area (Å²) in [6, 6.07) is 2.02. The van der Waals surface area contributed by atoms with Crippen molar-refractivity contribution < 1.29 is 5.11 Å². The van der Waals surface area contributed by atoms with Crippen LogP contribution in [-0.4, -0.2) is 34.3 Å². The molecule has 2 aromatic rings. The van der Waals surface area contributed by atoms with Crippen LogP contribution in [0.1, 0.15) is 26.7 Å². The van der Waals surface area contributed by atoms with Gasteiger partial charge in [-0.15, -0.1) is 11.3 Å². The Bertz CT molecular complexity index is 528. The summed E-state index contributed by atoms with van der Waals surface area (Å²) in [6.45, 7) is 5.51. The predicted molar refractivity (Wildman–Crippen MR) is 81.0 cm³/mol. The van der Waals surface area contributed by atoms with E-state index in [1.165, 1.54) is 0 Å². The number of aromatic nitrogens is 2. The SMILES string of the molecule is CCNc1nc(NCCC(O)CC)c2ccsc2n1. The fourth-order valence-electron chi connectivity index (χ4n) is 1.79. The van der Waals surface area contributed by atoms with E-state index in [0.29, 0.717) is 12.5 Å². The number of aliphatic hydroxyl groups is 1. The van der Waals surface area contributed by atoms with Gasteiger partial charge in [-0.3, -0.25) is 0 Å². The number of anilines is 2. The normalized spacial score (nSPS) is 12.6. The van der Waals surface area contributed by atoms with E-state index in [4.69, 9.17) is 0 Å². The first-order chi connectivity index (χ1) is 9.24. The number of thiophene rings is 1. The molecule has 1 atom stereocenters. The van der Waals surface area contributed by atoms with E-state index in [2.05, 4.69) is 20.6 Å². The van der Waals surface area contributed by atoms with E-state index in [9.17, 15) is 5.11 Å². The number of aliphatic hydroxyl groups excluding tert-OH is 1. The lowest BCUT2D eigenvalue weighted by atomic mass is 10.2. The molecule has 1 unspecified atom stereocenters. The van der Waals surface area contributed by atoms with Crippen molar-refractivity contribution in [2.45, 2.75) is 32.8 Å². The largest absolute Gasteiger partial charge is 0.393 e. The van der Waals surface area contributed by atoms with E-state index in [1.54, 1.807) is 11.3 Å². The number of nitrogens with zero attached hydrogens (tertiary/aromatic N) is 2. The highest BCUT2D eigenvalue weighted by atomic mass is 32.1. The average molecular weight is 280 g/mol. The zero-order valence-corrected chi connectivity index (χ0v) is 12.1. The minimum Gasteiger partial charge on any atom is -0.393 e. The smallest absolute Gasteiger partial charge is 0.226 e. The van der Waals surface area contributed by atoms with E-state index in [0.717, 1.165) is 35.4 Å². The number of hydrogen-bond acceptors (Lipinski definition) is 6. The second-order valence-corrected chi connectivity index (χ2v) is 5.24. The molecule has 0 radical (unpaired) electrons. The van der Waals surface area contributed by atoms with Crippen LogP contribution in [0.4, 0.5) is 11.8 Å². The summed E-state index contributed by atoms with van der Waals surface area (Å²) in [5, 5.41) is 19.0. The van der Waals surface area contributed by atoms with Crippen molar-refractivity contribution >= 4 is 33.3 Å². The van der Waals surface area contributed by atoms with Crippen LogP contribution in [0, 0.1) is 0 Å². The van der Waals surface area contributed by atoms with Gasteiger partial charge in [0, 0.05) is 13.1 Å². The lowest BCUT2D eigenvalue weighted by molar-refractivity contribution is 0.164. The predicted octanol–water partition coefficient (Wildman–Crippen LogP) is 2.70. The Balaban J connectivity index is 2.13. The maximum atomic E-state index is 9.56. The lowest BCUT2D eigenvalue weighted by Gasteiger charge is -2.11. The van der Waals surface area contributed by atoms with Gasteiger partial charge in [0.1, 0.15) is 10.6 Å². The van der Waals surface area contributed by atoms with E-state index < -0.39 is 0 Å². The quantitative estimate of drug-likeness (QED) is 0.727. The Morgan fingerprint density at radius 3 is 2.89 bits per heavy atom. The number of fused-ring (bicyclic) bond motifs is 1. The van der Waals surface area contributed by atoms with Gasteiger partial charge in [0.25, 0.3) is 0 Å². The van der Waals surface area contributed by atoms with Gasteiger partial charge < -0.3 is 15.7 Å². The van der Waals surface area contributed by atoms with Crippen molar-refractivity contribution in [3.63, 3.8) is 0 Å². The van der Waals surface area contributed by atoms with Crippen LogP contribution in [-0.2, 0) is 0 Å². The van der Waals surface area contributed by atoms with Gasteiger partial charge in [-0.2, -0.15) is 4.98 Å². The molecule has 5 nitrogen and oxygen atoms in total. The molecule has 2 rings (SSSR count). The van der Waals surface area contributed by atoms with E-state index in [-0.39, 0.29) is 6.10 Å². The van der Waals surface area contributed by atoms with Crippen molar-refractivity contribution in [2.75, 3.05) is 23.7 Å². The summed E-state index contributed by atoms with van der Waals surface area (Å²) < 4.78 is 0. The van der Waals surface area contributed by atoms with Crippen molar-refractivity contribution in [3.05, 3.63) is 11.4 Å². The molecule has 2 aromatic heterocycles. The third-order valence-corrected chi connectivity index (χ3v) is 3.71. The Hall–Kier alpha value is -1.40. The molecule has 0 saturated carbocycles. The zero-order valence-electron chi connectivity index (χ0n) is 11.3. The lowest BCUT2D eigenvalue weighted by Crippen LogP contribution is -2.13. The first kappa shape index (κ1) is 14.0. The molecule has 0 spiro atoms. The molecule has 0 aliphatic carbocycles. The molecular formula is C13H20N4OS. The van der Waals surface area contributed by atoms with Gasteiger partial charge >= 0.3 is 0 Å². The molecule has 0 aliphatic heterocycles. The van der Waals surface area contributed by atoms with Crippen LogP contribution in [0.15, 0.2) is 11.4 Å². The molecule has 6 heteroatoms.